The quantitative estimate of drug-likeness (QED) is 0.0438. The first-order chi connectivity index (χ1) is 22.6. The zero-order valence-electron chi connectivity index (χ0n) is 29.8. The topological polar surface area (TPSA) is 72.8 Å². The average Bonchev–Trinajstić information content (AvgIpc) is 3.06. The Balaban J connectivity index is 3.68. The second-order valence-corrected chi connectivity index (χ2v) is 12.3. The van der Waals surface area contributed by atoms with E-state index in [4.69, 9.17) is 9.47 Å². The van der Waals surface area contributed by atoms with Crippen LogP contribution < -0.4 is 0 Å². The third-order valence-electron chi connectivity index (χ3n) is 7.78. The molecule has 46 heavy (non-hydrogen) atoms. The van der Waals surface area contributed by atoms with Crippen LogP contribution in [0.4, 0.5) is 0 Å². The average molecular weight is 643 g/mol. The predicted octanol–water partition coefficient (Wildman–Crippen LogP) is 11.6. The maximum atomic E-state index is 12.1. The summed E-state index contributed by atoms with van der Waals surface area (Å²) in [6.45, 7) is 4.04. The molecule has 264 valence electrons. The number of hydrogen-bond acceptors (Lipinski definition) is 5. The van der Waals surface area contributed by atoms with Crippen LogP contribution >= 0.6 is 0 Å². The van der Waals surface area contributed by atoms with E-state index >= 15 is 0 Å². The summed E-state index contributed by atoms with van der Waals surface area (Å²) in [5, 5.41) is 9.53. The summed E-state index contributed by atoms with van der Waals surface area (Å²) >= 11 is 0. The molecule has 0 aromatic rings. The van der Waals surface area contributed by atoms with Gasteiger partial charge in [-0.2, -0.15) is 0 Å². The van der Waals surface area contributed by atoms with Gasteiger partial charge in [0.1, 0.15) is 6.61 Å². The van der Waals surface area contributed by atoms with Crippen molar-refractivity contribution in [2.24, 2.45) is 0 Å². The summed E-state index contributed by atoms with van der Waals surface area (Å²) in [6, 6.07) is 0. The number of unbranched alkanes of at least 4 members (excludes halogenated alkanes) is 15. The summed E-state index contributed by atoms with van der Waals surface area (Å²) in [5.74, 6) is -0.642. The van der Waals surface area contributed by atoms with Crippen LogP contribution in [0.25, 0.3) is 0 Å². The van der Waals surface area contributed by atoms with Gasteiger partial charge in [-0.3, -0.25) is 9.59 Å². The number of carbonyl (C=O) groups is 2. The number of ether oxygens (including phenoxy) is 2. The molecule has 0 heterocycles. The first-order valence-corrected chi connectivity index (χ1v) is 18.8. The number of aliphatic hydroxyl groups excluding tert-OH is 1. The van der Waals surface area contributed by atoms with Gasteiger partial charge in [-0.15, -0.1) is 0 Å². The highest BCUT2D eigenvalue weighted by molar-refractivity contribution is 5.70. The van der Waals surface area contributed by atoms with E-state index in [2.05, 4.69) is 74.6 Å². The van der Waals surface area contributed by atoms with Gasteiger partial charge in [-0.25, -0.2) is 0 Å². The van der Waals surface area contributed by atoms with Crippen LogP contribution in [0.15, 0.2) is 60.8 Å². The molecule has 0 aromatic heterocycles. The van der Waals surface area contributed by atoms with Crippen molar-refractivity contribution < 1.29 is 24.2 Å². The van der Waals surface area contributed by atoms with Crippen molar-refractivity contribution in [2.45, 2.75) is 174 Å². The summed E-state index contributed by atoms with van der Waals surface area (Å²) in [5.41, 5.74) is 0. The molecule has 0 radical (unpaired) electrons. The highest BCUT2D eigenvalue weighted by atomic mass is 16.6. The minimum Gasteiger partial charge on any atom is -0.462 e. The number of allylic oxidation sites excluding steroid dienone is 10. The van der Waals surface area contributed by atoms with E-state index in [1.165, 1.54) is 70.6 Å². The van der Waals surface area contributed by atoms with E-state index in [0.29, 0.717) is 12.8 Å². The Labute approximate surface area is 283 Å². The minimum atomic E-state index is -0.792. The lowest BCUT2D eigenvalue weighted by Gasteiger charge is -2.15. The molecular weight excluding hydrogens is 572 g/mol. The van der Waals surface area contributed by atoms with Crippen molar-refractivity contribution in [3.63, 3.8) is 0 Å². The van der Waals surface area contributed by atoms with Crippen molar-refractivity contribution in [1.29, 1.82) is 0 Å². The second kappa shape index (κ2) is 37.1. The molecule has 0 saturated carbocycles. The highest BCUT2D eigenvalue weighted by Gasteiger charge is 2.16. The highest BCUT2D eigenvalue weighted by Crippen LogP contribution is 2.11. The zero-order valence-corrected chi connectivity index (χ0v) is 29.8. The van der Waals surface area contributed by atoms with Crippen molar-refractivity contribution in [2.75, 3.05) is 13.2 Å². The fraction of sp³-hybridized carbons (Fsp3) is 0.707. The minimum absolute atomic E-state index is 0.0854. The Morgan fingerprint density at radius 3 is 1.39 bits per heavy atom. The van der Waals surface area contributed by atoms with Gasteiger partial charge >= 0.3 is 11.9 Å². The first kappa shape index (κ1) is 43.6. The summed E-state index contributed by atoms with van der Waals surface area (Å²) in [7, 11) is 0. The lowest BCUT2D eigenvalue weighted by Crippen LogP contribution is -2.28. The molecule has 0 aliphatic carbocycles. The third-order valence-corrected chi connectivity index (χ3v) is 7.78. The Bertz CT molecular complexity index is 823. The molecule has 0 aliphatic heterocycles. The molecule has 0 aliphatic rings. The summed E-state index contributed by atoms with van der Waals surface area (Å²) in [6.07, 6.45) is 47.0. The lowest BCUT2D eigenvalue weighted by molar-refractivity contribution is -0.161. The monoisotopic (exact) mass is 643 g/mol. The molecule has 0 rings (SSSR count). The maximum Gasteiger partial charge on any atom is 0.306 e. The lowest BCUT2D eigenvalue weighted by atomic mass is 10.1. The fourth-order valence-corrected chi connectivity index (χ4v) is 4.88. The standard InChI is InChI=1S/C41H70O5/c1-3-5-7-9-11-13-15-17-18-19-20-21-22-24-26-28-30-32-34-36-41(44)46-39(37-42)38-45-40(43)35-33-31-29-27-25-23-16-14-12-10-8-6-4-2/h11,13-14,16-18,20-21,24,26,39,42H,3-10,12,15,19,22-23,25,27-38H2,1-2H3/b13-11+,16-14+,18-17+,21-20+,26-24+/t39-/m0/s1. The Morgan fingerprint density at radius 2 is 0.870 bits per heavy atom. The van der Waals surface area contributed by atoms with Crippen molar-refractivity contribution >= 4 is 11.9 Å². The molecule has 0 amide bonds. The fourth-order valence-electron chi connectivity index (χ4n) is 4.88. The molecule has 5 nitrogen and oxygen atoms in total. The molecular formula is C41H70O5. The van der Waals surface area contributed by atoms with Gasteiger partial charge in [-0.1, -0.05) is 132 Å². The van der Waals surface area contributed by atoms with Crippen molar-refractivity contribution in [1.82, 2.24) is 0 Å². The van der Waals surface area contributed by atoms with Gasteiger partial charge < -0.3 is 14.6 Å². The number of rotatable bonds is 33. The van der Waals surface area contributed by atoms with Gasteiger partial charge in [0.2, 0.25) is 0 Å². The van der Waals surface area contributed by atoms with Crippen molar-refractivity contribution in [3.8, 4) is 0 Å². The van der Waals surface area contributed by atoms with Crippen LogP contribution in [-0.2, 0) is 19.1 Å². The number of aliphatic hydroxyl groups is 1. The van der Waals surface area contributed by atoms with E-state index < -0.39 is 6.10 Å². The molecule has 1 atom stereocenters. The van der Waals surface area contributed by atoms with Gasteiger partial charge in [0.05, 0.1) is 6.61 Å². The van der Waals surface area contributed by atoms with Crippen LogP contribution in [0.3, 0.4) is 0 Å². The van der Waals surface area contributed by atoms with Crippen LogP contribution in [0, 0.1) is 0 Å². The van der Waals surface area contributed by atoms with Crippen LogP contribution in [-0.4, -0.2) is 36.4 Å². The normalized spacial score (nSPS) is 12.8. The molecule has 0 unspecified atom stereocenters. The summed E-state index contributed by atoms with van der Waals surface area (Å²) in [4.78, 5) is 24.2. The molecule has 0 spiro atoms. The van der Waals surface area contributed by atoms with Gasteiger partial charge in [0.25, 0.3) is 0 Å². The SMILES string of the molecule is CCCCC/C=C/C/C=C/C/C=C/C/C=C/CCCCCC(=O)O[C@@H](CO)COC(=O)CCCCCCC/C=C/CCCCCC. The molecule has 0 saturated heterocycles. The zero-order chi connectivity index (χ0) is 33.6. The van der Waals surface area contributed by atoms with E-state index in [-0.39, 0.29) is 25.2 Å². The second-order valence-electron chi connectivity index (χ2n) is 12.3. The summed E-state index contributed by atoms with van der Waals surface area (Å²) < 4.78 is 10.6. The number of carbonyl (C=O) groups excluding carboxylic acids is 2. The first-order valence-electron chi connectivity index (χ1n) is 18.8. The van der Waals surface area contributed by atoms with Gasteiger partial charge in [-0.05, 0) is 83.5 Å². The van der Waals surface area contributed by atoms with E-state index in [1.807, 2.05) is 0 Å². The predicted molar refractivity (Wildman–Crippen MR) is 196 cm³/mol. The van der Waals surface area contributed by atoms with E-state index in [1.54, 1.807) is 0 Å². The van der Waals surface area contributed by atoms with E-state index in [0.717, 1.165) is 70.6 Å². The largest absolute Gasteiger partial charge is 0.462 e. The molecule has 0 fully saturated rings. The van der Waals surface area contributed by atoms with Crippen molar-refractivity contribution in [3.05, 3.63) is 60.8 Å². The van der Waals surface area contributed by atoms with Gasteiger partial charge in [0.15, 0.2) is 6.10 Å². The number of esters is 2. The van der Waals surface area contributed by atoms with Crippen LogP contribution in [0.1, 0.15) is 168 Å². The molecule has 5 heteroatoms. The molecule has 0 bridgehead atoms. The third kappa shape index (κ3) is 34.5. The smallest absolute Gasteiger partial charge is 0.306 e. The molecule has 1 N–H and O–H groups in total. The van der Waals surface area contributed by atoms with Gasteiger partial charge in [0, 0.05) is 12.8 Å². The van der Waals surface area contributed by atoms with E-state index in [9.17, 15) is 14.7 Å². The maximum absolute atomic E-state index is 12.1. The Morgan fingerprint density at radius 1 is 0.500 bits per heavy atom. The Kier molecular flexibility index (Phi) is 35.1. The van der Waals surface area contributed by atoms with Crippen LogP contribution in [0.2, 0.25) is 0 Å². The Hall–Kier alpha value is -2.40. The number of hydrogen-bond donors (Lipinski definition) is 1. The molecule has 0 aromatic carbocycles. The van der Waals surface area contributed by atoms with Crippen LogP contribution in [0.5, 0.6) is 0 Å².